The van der Waals surface area contributed by atoms with Crippen LogP contribution in [-0.4, -0.2) is 34.9 Å². The van der Waals surface area contributed by atoms with Crippen LogP contribution in [0.1, 0.15) is 46.9 Å². The Hall–Kier alpha value is -4.70. The molecule has 4 aromatic rings. The molecular weight excluding hydrogens is 532 g/mol. The summed E-state index contributed by atoms with van der Waals surface area (Å²) in [4.78, 5) is 39.1. The van der Waals surface area contributed by atoms with Crippen LogP contribution in [-0.2, 0) is 16.0 Å². The van der Waals surface area contributed by atoms with Crippen molar-refractivity contribution in [1.82, 2.24) is 15.3 Å². The number of halogens is 1. The molecule has 3 heterocycles. The van der Waals surface area contributed by atoms with Crippen molar-refractivity contribution in [3.05, 3.63) is 93.3 Å². The van der Waals surface area contributed by atoms with Gasteiger partial charge in [0, 0.05) is 22.5 Å². The van der Waals surface area contributed by atoms with Gasteiger partial charge < -0.3 is 19.8 Å². The lowest BCUT2D eigenvalue weighted by Crippen LogP contribution is -2.37. The van der Waals surface area contributed by atoms with Crippen molar-refractivity contribution in [3.63, 3.8) is 0 Å². The smallest absolute Gasteiger partial charge is 0.338 e. The number of hydrogen-bond acceptors (Lipinski definition) is 9. The van der Waals surface area contributed by atoms with Crippen LogP contribution in [0.5, 0.6) is 0 Å². The Morgan fingerprint density at radius 3 is 2.73 bits per heavy atom. The van der Waals surface area contributed by atoms with E-state index >= 15 is 0 Å². The Balaban J connectivity index is 1.49. The van der Waals surface area contributed by atoms with E-state index in [1.807, 2.05) is 43.3 Å². The summed E-state index contributed by atoms with van der Waals surface area (Å²) < 4.78 is 10.8. The van der Waals surface area contributed by atoms with Crippen molar-refractivity contribution in [2.75, 3.05) is 17.7 Å². The second-order valence-corrected chi connectivity index (χ2v) is 9.61. The van der Waals surface area contributed by atoms with Crippen molar-refractivity contribution >= 4 is 52.4 Å². The first-order chi connectivity index (χ1) is 19.3. The number of guanidine groups is 1. The highest BCUT2D eigenvalue weighted by molar-refractivity contribution is 6.31. The van der Waals surface area contributed by atoms with Crippen molar-refractivity contribution in [3.8, 4) is 0 Å². The topological polar surface area (TPSA) is 131 Å². The number of aromatic nitrogens is 2. The fourth-order valence-corrected chi connectivity index (χ4v) is 4.82. The van der Waals surface area contributed by atoms with Gasteiger partial charge in [-0.1, -0.05) is 42.8 Å². The highest BCUT2D eigenvalue weighted by atomic mass is 35.5. The van der Waals surface area contributed by atoms with E-state index in [2.05, 4.69) is 32.8 Å². The van der Waals surface area contributed by atoms with Gasteiger partial charge in [0.15, 0.2) is 5.58 Å². The number of methoxy groups -OCH3 is 1. The third-order valence-electron chi connectivity index (χ3n) is 6.46. The monoisotopic (exact) mass is 558 g/mol. The summed E-state index contributed by atoms with van der Waals surface area (Å²) >= 11 is 6.65. The fraction of sp³-hybridized carbons (Fsp3) is 0.207. The molecule has 2 aromatic heterocycles. The number of fused-ring (bicyclic) bond motifs is 1. The number of allylic oxidation sites excluding steroid dienone is 1. The molecule has 11 heteroatoms. The predicted octanol–water partition coefficient (Wildman–Crippen LogP) is 5.56. The molecular formula is C29H27ClN6O4. The summed E-state index contributed by atoms with van der Waals surface area (Å²) in [6.07, 6.45) is 2.22. The van der Waals surface area contributed by atoms with Crippen LogP contribution in [0, 0.1) is 6.92 Å². The van der Waals surface area contributed by atoms with Gasteiger partial charge >= 0.3 is 12.0 Å². The average Bonchev–Trinajstić information content (AvgIpc) is 3.35. The molecule has 0 saturated heterocycles. The highest BCUT2D eigenvalue weighted by Crippen LogP contribution is 2.36. The molecule has 1 amide bonds. The van der Waals surface area contributed by atoms with Crippen molar-refractivity contribution in [1.29, 1.82) is 0 Å². The van der Waals surface area contributed by atoms with Gasteiger partial charge in [0.2, 0.25) is 5.96 Å². The molecule has 1 unspecified atom stereocenters. The number of para-hydroxylation sites is 1. The molecule has 1 aliphatic heterocycles. The zero-order valence-electron chi connectivity index (χ0n) is 22.3. The largest absolute Gasteiger partial charge is 0.465 e. The van der Waals surface area contributed by atoms with E-state index in [0.717, 1.165) is 23.1 Å². The van der Waals surface area contributed by atoms with Crippen LogP contribution < -0.4 is 16.0 Å². The van der Waals surface area contributed by atoms with Gasteiger partial charge in [0.25, 0.3) is 5.91 Å². The molecule has 0 radical (unpaired) electrons. The van der Waals surface area contributed by atoms with E-state index in [1.165, 1.54) is 25.4 Å². The molecule has 0 fully saturated rings. The summed E-state index contributed by atoms with van der Waals surface area (Å²) in [6, 6.07) is 13.8. The first-order valence-corrected chi connectivity index (χ1v) is 13.0. The van der Waals surface area contributed by atoms with E-state index in [4.69, 9.17) is 25.7 Å². The Morgan fingerprint density at radius 1 is 1.15 bits per heavy atom. The van der Waals surface area contributed by atoms with Gasteiger partial charge in [-0.05, 0) is 55.7 Å². The Bertz CT molecular complexity index is 1690. The third kappa shape index (κ3) is 5.39. The molecule has 0 saturated carbocycles. The molecule has 0 bridgehead atoms. The summed E-state index contributed by atoms with van der Waals surface area (Å²) in [5.41, 5.74) is 5.20. The number of hydrogen-bond donors (Lipinski definition) is 3. The second-order valence-electron chi connectivity index (χ2n) is 9.21. The maximum Gasteiger partial charge on any atom is 0.338 e. The Labute approximate surface area is 235 Å². The number of nitrogens with one attached hydrogen (secondary N) is 3. The lowest BCUT2D eigenvalue weighted by Gasteiger charge is -2.27. The number of aryl methyl sites for hydroxylation is 2. The number of pyridine rings is 1. The number of oxazole rings is 1. The lowest BCUT2D eigenvalue weighted by atomic mass is 9.95. The van der Waals surface area contributed by atoms with E-state index in [0.29, 0.717) is 33.4 Å². The van der Waals surface area contributed by atoms with Crippen LogP contribution in [0.25, 0.3) is 11.1 Å². The van der Waals surface area contributed by atoms with Crippen LogP contribution in [0.3, 0.4) is 0 Å². The second kappa shape index (κ2) is 11.2. The van der Waals surface area contributed by atoms with Crippen LogP contribution >= 0.6 is 11.6 Å². The fourth-order valence-electron chi connectivity index (χ4n) is 4.48. The first kappa shape index (κ1) is 26.9. The number of rotatable bonds is 6. The standard InChI is InChI=1S/C29H27ClN6O4/c1-5-17-7-6-8-21-25(17)40-29(33-21)36-28-32-16(3)23(24(35-28)19-10-9-15(2)13-20(19)30)26(37)34-22-14-18(11-12-31-22)27(38)39-4/h6-14,24H,5H2,1-4H3,(H,31,34,37)(H2,32,33,35,36). The minimum absolute atomic E-state index is 0.188. The Morgan fingerprint density at radius 2 is 1.98 bits per heavy atom. The number of nitrogens with zero attached hydrogens (tertiary/aromatic N) is 3. The molecule has 3 N–H and O–H groups in total. The van der Waals surface area contributed by atoms with Crippen molar-refractivity contribution in [2.24, 2.45) is 4.99 Å². The number of anilines is 2. The number of esters is 1. The lowest BCUT2D eigenvalue weighted by molar-refractivity contribution is -0.113. The maximum atomic E-state index is 13.6. The van der Waals surface area contributed by atoms with E-state index < -0.39 is 17.9 Å². The minimum Gasteiger partial charge on any atom is -0.465 e. The molecule has 40 heavy (non-hydrogen) atoms. The molecule has 1 atom stereocenters. The molecule has 204 valence electrons. The van der Waals surface area contributed by atoms with E-state index in [9.17, 15) is 9.59 Å². The predicted molar refractivity (Wildman–Crippen MR) is 153 cm³/mol. The summed E-state index contributed by atoms with van der Waals surface area (Å²) in [7, 11) is 1.28. The zero-order valence-corrected chi connectivity index (χ0v) is 23.1. The van der Waals surface area contributed by atoms with Crippen LogP contribution in [0.2, 0.25) is 5.02 Å². The third-order valence-corrected chi connectivity index (χ3v) is 6.79. The van der Waals surface area contributed by atoms with Crippen LogP contribution in [0.15, 0.2) is 75.4 Å². The number of ether oxygens (including phenoxy) is 1. The van der Waals surface area contributed by atoms with E-state index in [-0.39, 0.29) is 17.4 Å². The van der Waals surface area contributed by atoms with Gasteiger partial charge in [0.1, 0.15) is 17.4 Å². The average molecular weight is 559 g/mol. The Kier molecular flexibility index (Phi) is 7.52. The first-order valence-electron chi connectivity index (χ1n) is 12.6. The normalized spacial score (nSPS) is 14.9. The van der Waals surface area contributed by atoms with Gasteiger partial charge in [-0.25, -0.2) is 14.8 Å². The molecule has 1 aliphatic rings. The van der Waals surface area contributed by atoms with Crippen molar-refractivity contribution in [2.45, 2.75) is 33.2 Å². The van der Waals surface area contributed by atoms with Gasteiger partial charge in [-0.15, -0.1) is 0 Å². The number of benzene rings is 2. The van der Waals surface area contributed by atoms with Gasteiger partial charge in [-0.3, -0.25) is 10.1 Å². The molecule has 5 rings (SSSR count). The summed E-state index contributed by atoms with van der Waals surface area (Å²) in [6.45, 7) is 5.75. The summed E-state index contributed by atoms with van der Waals surface area (Å²) in [5, 5.41) is 9.48. The number of carbonyl (C=O) groups excluding carboxylic acids is 2. The quantitative estimate of drug-likeness (QED) is 0.262. The van der Waals surface area contributed by atoms with Gasteiger partial charge in [0.05, 0.1) is 18.2 Å². The summed E-state index contributed by atoms with van der Waals surface area (Å²) in [5.74, 6) is -0.472. The van der Waals surface area contributed by atoms with E-state index in [1.54, 1.807) is 6.92 Å². The van der Waals surface area contributed by atoms with Gasteiger partial charge in [-0.2, -0.15) is 4.98 Å². The van der Waals surface area contributed by atoms with Crippen LogP contribution in [0.4, 0.5) is 11.8 Å². The molecule has 0 aliphatic carbocycles. The minimum atomic E-state index is -0.767. The van der Waals surface area contributed by atoms with Crippen molar-refractivity contribution < 1.29 is 18.7 Å². The highest BCUT2D eigenvalue weighted by Gasteiger charge is 2.31. The molecule has 0 spiro atoms. The zero-order chi connectivity index (χ0) is 28.4. The SMILES string of the molecule is CCc1cccc2nc(NC3=NC(c4ccc(C)cc4Cl)C(C(=O)Nc4cc(C(=O)OC)ccn4)=C(C)N3)oc12. The number of aliphatic imine (C=N–C) groups is 1. The maximum absolute atomic E-state index is 13.6. The molecule has 10 nitrogen and oxygen atoms in total. The number of amides is 1. The number of carbonyl (C=O) groups is 2. The molecule has 2 aromatic carbocycles.